The Hall–Kier alpha value is -1.11. The number of aliphatic carboxylic acids is 1. The van der Waals surface area contributed by atoms with Crippen molar-refractivity contribution in [1.82, 2.24) is 0 Å². The van der Waals surface area contributed by atoms with Gasteiger partial charge < -0.3 is 14.9 Å². The summed E-state index contributed by atoms with van der Waals surface area (Å²) < 4.78 is 28.1. The third-order valence-electron chi connectivity index (χ3n) is 1.78. The zero-order valence-electron chi connectivity index (χ0n) is 8.03. The van der Waals surface area contributed by atoms with E-state index in [-0.39, 0.29) is 10.6 Å². The van der Waals surface area contributed by atoms with Gasteiger partial charge in [0.1, 0.15) is 5.75 Å². The molecule has 0 saturated carbocycles. The average molecular weight is 287 g/mol. The molecule has 2 N–H and O–H groups in total. The number of benzene rings is 1. The van der Waals surface area contributed by atoms with Crippen molar-refractivity contribution in [3.8, 4) is 5.75 Å². The maximum atomic E-state index is 12.0. The molecule has 17 heavy (non-hydrogen) atoms. The minimum absolute atomic E-state index is 0.0830. The molecule has 0 aromatic heterocycles. The first kappa shape index (κ1) is 14.0. The van der Waals surface area contributed by atoms with E-state index in [4.69, 9.17) is 28.3 Å². The van der Waals surface area contributed by atoms with E-state index >= 15 is 0 Å². The van der Waals surface area contributed by atoms with Gasteiger partial charge in [0.15, 0.2) is 6.10 Å². The fourth-order valence-corrected chi connectivity index (χ4v) is 1.57. The van der Waals surface area contributed by atoms with Crippen LogP contribution in [0.3, 0.4) is 0 Å². The van der Waals surface area contributed by atoms with Gasteiger partial charge in [-0.2, -0.15) is 8.78 Å². The molecule has 0 aliphatic carbocycles. The first-order valence-electron chi connectivity index (χ1n) is 4.17. The second-order valence-electron chi connectivity index (χ2n) is 2.93. The van der Waals surface area contributed by atoms with Gasteiger partial charge in [-0.25, -0.2) is 4.79 Å². The van der Waals surface area contributed by atoms with Crippen LogP contribution in [0.2, 0.25) is 10.0 Å². The first-order chi connectivity index (χ1) is 7.82. The number of rotatable bonds is 4. The maximum absolute atomic E-state index is 12.0. The summed E-state index contributed by atoms with van der Waals surface area (Å²) in [7, 11) is 0. The summed E-state index contributed by atoms with van der Waals surface area (Å²) in [5.41, 5.74) is -0.317. The SMILES string of the molecule is O=C(O)[C@@H](O)c1cc(Cl)cc(OC(F)F)c1Cl. The second-order valence-corrected chi connectivity index (χ2v) is 3.74. The van der Waals surface area contributed by atoms with E-state index in [1.54, 1.807) is 0 Å². The van der Waals surface area contributed by atoms with Crippen molar-refractivity contribution in [2.24, 2.45) is 0 Å². The van der Waals surface area contributed by atoms with Crippen molar-refractivity contribution >= 4 is 29.2 Å². The Labute approximate surface area is 104 Å². The molecule has 0 aliphatic rings. The van der Waals surface area contributed by atoms with E-state index < -0.39 is 29.5 Å². The molecule has 0 aliphatic heterocycles. The molecule has 0 fully saturated rings. The molecule has 94 valence electrons. The summed E-state index contributed by atoms with van der Waals surface area (Å²) in [5.74, 6) is -2.08. The molecule has 0 spiro atoms. The Balaban J connectivity index is 3.23. The summed E-state index contributed by atoms with van der Waals surface area (Å²) in [4.78, 5) is 10.6. The highest BCUT2D eigenvalue weighted by Gasteiger charge is 2.23. The van der Waals surface area contributed by atoms with Crippen molar-refractivity contribution in [2.75, 3.05) is 0 Å². The van der Waals surface area contributed by atoms with Gasteiger partial charge in [-0.15, -0.1) is 0 Å². The third kappa shape index (κ3) is 3.42. The Morgan fingerprint density at radius 2 is 1.94 bits per heavy atom. The quantitative estimate of drug-likeness (QED) is 0.893. The van der Waals surface area contributed by atoms with E-state index in [1.807, 2.05) is 0 Å². The maximum Gasteiger partial charge on any atom is 0.387 e. The summed E-state index contributed by atoms with van der Waals surface area (Å²) in [6.45, 7) is -3.14. The van der Waals surface area contributed by atoms with Gasteiger partial charge in [-0.1, -0.05) is 23.2 Å². The van der Waals surface area contributed by atoms with Crippen molar-refractivity contribution in [3.05, 3.63) is 27.7 Å². The molecule has 1 aromatic carbocycles. The molecule has 8 heteroatoms. The summed E-state index contributed by atoms with van der Waals surface area (Å²) in [6, 6.07) is 2.05. The number of carboxylic acid groups (broad SMARTS) is 1. The lowest BCUT2D eigenvalue weighted by molar-refractivity contribution is -0.146. The first-order valence-corrected chi connectivity index (χ1v) is 4.93. The Morgan fingerprint density at radius 1 is 1.35 bits per heavy atom. The summed E-state index contributed by atoms with van der Waals surface area (Å²) in [5, 5.41) is 17.3. The summed E-state index contributed by atoms with van der Waals surface area (Å²) >= 11 is 11.2. The highest BCUT2D eigenvalue weighted by Crippen LogP contribution is 2.36. The molecule has 0 unspecified atom stereocenters. The van der Waals surface area contributed by atoms with E-state index in [1.165, 1.54) is 0 Å². The molecule has 1 atom stereocenters. The van der Waals surface area contributed by atoms with Crippen LogP contribution >= 0.6 is 23.2 Å². The standard InChI is InChI=1S/C9H6Cl2F2O4/c10-3-1-4(7(14)8(15)16)6(11)5(2-3)17-9(12)13/h1-2,7,9,14H,(H,15,16)/t7-/m0/s1. The van der Waals surface area contributed by atoms with Crippen LogP contribution in [0.15, 0.2) is 12.1 Å². The molecule has 0 saturated heterocycles. The third-order valence-corrected chi connectivity index (χ3v) is 2.40. The lowest BCUT2D eigenvalue weighted by atomic mass is 10.1. The largest absolute Gasteiger partial charge is 0.479 e. The van der Waals surface area contributed by atoms with Gasteiger partial charge in [0.25, 0.3) is 0 Å². The van der Waals surface area contributed by atoms with Crippen LogP contribution in [0.1, 0.15) is 11.7 Å². The number of carbonyl (C=O) groups is 1. The number of hydrogen-bond acceptors (Lipinski definition) is 3. The lowest BCUT2D eigenvalue weighted by Crippen LogP contribution is -2.12. The van der Waals surface area contributed by atoms with Gasteiger partial charge in [0.05, 0.1) is 5.02 Å². The molecule has 0 heterocycles. The fraction of sp³-hybridized carbons (Fsp3) is 0.222. The fourth-order valence-electron chi connectivity index (χ4n) is 1.10. The van der Waals surface area contributed by atoms with Gasteiger partial charge in [0, 0.05) is 16.7 Å². The van der Waals surface area contributed by atoms with Crippen LogP contribution in [-0.2, 0) is 4.79 Å². The number of alkyl halides is 2. The number of carboxylic acids is 1. The Kier molecular flexibility index (Phi) is 4.50. The zero-order chi connectivity index (χ0) is 13.2. The highest BCUT2D eigenvalue weighted by molar-refractivity contribution is 6.35. The number of aliphatic hydroxyl groups excluding tert-OH is 1. The van der Waals surface area contributed by atoms with Gasteiger partial charge in [0.2, 0.25) is 0 Å². The molecule has 0 radical (unpaired) electrons. The van der Waals surface area contributed by atoms with Crippen molar-refractivity contribution < 1.29 is 28.5 Å². The van der Waals surface area contributed by atoms with Crippen molar-refractivity contribution in [3.63, 3.8) is 0 Å². The predicted octanol–water partition coefficient (Wildman–Crippen LogP) is 2.71. The van der Waals surface area contributed by atoms with Gasteiger partial charge in [-0.3, -0.25) is 0 Å². The minimum atomic E-state index is -3.14. The van der Waals surface area contributed by atoms with Gasteiger partial charge in [-0.05, 0) is 6.07 Å². The van der Waals surface area contributed by atoms with Crippen LogP contribution < -0.4 is 4.74 Å². The van der Waals surface area contributed by atoms with Crippen molar-refractivity contribution in [2.45, 2.75) is 12.7 Å². The highest BCUT2D eigenvalue weighted by atomic mass is 35.5. The van der Waals surface area contributed by atoms with Crippen LogP contribution in [0.5, 0.6) is 5.75 Å². The molecule has 4 nitrogen and oxygen atoms in total. The second kappa shape index (κ2) is 5.48. The molecule has 0 bridgehead atoms. The minimum Gasteiger partial charge on any atom is -0.479 e. The number of aliphatic hydroxyl groups is 1. The number of halogens is 4. The monoisotopic (exact) mass is 286 g/mol. The molecule has 0 amide bonds. The van der Waals surface area contributed by atoms with Crippen LogP contribution in [-0.4, -0.2) is 22.8 Å². The smallest absolute Gasteiger partial charge is 0.387 e. The predicted molar refractivity (Wildman–Crippen MR) is 55.7 cm³/mol. The number of ether oxygens (including phenoxy) is 1. The molecule has 1 aromatic rings. The van der Waals surface area contributed by atoms with Crippen LogP contribution in [0.25, 0.3) is 0 Å². The van der Waals surface area contributed by atoms with Crippen LogP contribution in [0, 0.1) is 0 Å². The van der Waals surface area contributed by atoms with E-state index in [2.05, 4.69) is 4.74 Å². The average Bonchev–Trinajstić information content (AvgIpc) is 2.21. The number of hydrogen-bond donors (Lipinski definition) is 2. The normalized spacial score (nSPS) is 12.6. The van der Waals surface area contributed by atoms with Crippen molar-refractivity contribution in [1.29, 1.82) is 0 Å². The van der Waals surface area contributed by atoms with Crippen LogP contribution in [0.4, 0.5) is 8.78 Å². The molecular weight excluding hydrogens is 281 g/mol. The van der Waals surface area contributed by atoms with E-state index in [9.17, 15) is 18.7 Å². The zero-order valence-corrected chi connectivity index (χ0v) is 9.54. The Bertz CT molecular complexity index is 439. The van der Waals surface area contributed by atoms with E-state index in [0.717, 1.165) is 12.1 Å². The Morgan fingerprint density at radius 3 is 2.41 bits per heavy atom. The molecule has 1 rings (SSSR count). The van der Waals surface area contributed by atoms with Gasteiger partial charge >= 0.3 is 12.6 Å². The topological polar surface area (TPSA) is 66.8 Å². The summed E-state index contributed by atoms with van der Waals surface area (Å²) in [6.07, 6.45) is -1.97. The molecular formula is C9H6Cl2F2O4. The lowest BCUT2D eigenvalue weighted by Gasteiger charge is -2.13. The van der Waals surface area contributed by atoms with E-state index in [0.29, 0.717) is 0 Å².